The molecule has 1 atom stereocenters. The van der Waals surface area contributed by atoms with Crippen molar-refractivity contribution in [1.82, 2.24) is 4.72 Å². The van der Waals surface area contributed by atoms with E-state index in [1.807, 2.05) is 37.3 Å². The van der Waals surface area contributed by atoms with Gasteiger partial charge in [0.2, 0.25) is 10.0 Å². The highest BCUT2D eigenvalue weighted by atomic mass is 32.2. The lowest BCUT2D eigenvalue weighted by molar-refractivity contribution is -0.0133. The molecule has 0 aliphatic heterocycles. The fourth-order valence-corrected chi connectivity index (χ4v) is 3.63. The van der Waals surface area contributed by atoms with Gasteiger partial charge in [-0.25, -0.2) is 21.9 Å². The summed E-state index contributed by atoms with van der Waals surface area (Å²) in [4.78, 5) is -0.599. The van der Waals surface area contributed by atoms with E-state index in [1.165, 1.54) is 7.11 Å². The Balaban J connectivity index is 2.29. The molecule has 1 N–H and O–H groups in total. The van der Waals surface area contributed by atoms with E-state index >= 15 is 0 Å². The van der Waals surface area contributed by atoms with E-state index < -0.39 is 32.2 Å². The molecule has 7 heteroatoms. The van der Waals surface area contributed by atoms with Crippen molar-refractivity contribution >= 4 is 10.0 Å². The highest BCUT2D eigenvalue weighted by Gasteiger charge is 2.32. The molecule has 24 heavy (non-hydrogen) atoms. The fourth-order valence-electron chi connectivity index (χ4n) is 2.49. The average molecular weight is 355 g/mol. The van der Waals surface area contributed by atoms with Crippen LogP contribution in [0.3, 0.4) is 0 Å². The molecule has 4 nitrogen and oxygen atoms in total. The minimum Gasteiger partial charge on any atom is -0.372 e. The summed E-state index contributed by atoms with van der Waals surface area (Å²) >= 11 is 0. The molecule has 0 bridgehead atoms. The lowest BCUT2D eigenvalue weighted by Crippen LogP contribution is -2.42. The Hall–Kier alpha value is -1.83. The van der Waals surface area contributed by atoms with Crippen molar-refractivity contribution in [3.05, 3.63) is 65.7 Å². The largest absolute Gasteiger partial charge is 0.372 e. The first-order chi connectivity index (χ1) is 11.3. The second kappa shape index (κ2) is 7.38. The smallest absolute Gasteiger partial charge is 0.243 e. The number of sulfonamides is 1. The van der Waals surface area contributed by atoms with Gasteiger partial charge in [0.15, 0.2) is 0 Å². The van der Waals surface area contributed by atoms with E-state index in [0.29, 0.717) is 12.5 Å². The summed E-state index contributed by atoms with van der Waals surface area (Å²) in [5.74, 6) is -1.97. The van der Waals surface area contributed by atoms with Crippen LogP contribution in [0.4, 0.5) is 8.78 Å². The molecule has 0 aliphatic rings. The minimum atomic E-state index is -4.14. The van der Waals surface area contributed by atoms with Crippen LogP contribution in [0, 0.1) is 11.6 Å². The van der Waals surface area contributed by atoms with Gasteiger partial charge in [-0.15, -0.1) is 0 Å². The lowest BCUT2D eigenvalue weighted by atomic mass is 9.91. The second-order valence-corrected chi connectivity index (χ2v) is 7.05. The Morgan fingerprint density at radius 2 is 1.79 bits per heavy atom. The fraction of sp³-hybridized carbons (Fsp3) is 0.294. The van der Waals surface area contributed by atoms with Crippen LogP contribution < -0.4 is 4.72 Å². The number of methoxy groups -OCH3 is 1. The van der Waals surface area contributed by atoms with Gasteiger partial charge in [-0.05, 0) is 24.1 Å². The van der Waals surface area contributed by atoms with Gasteiger partial charge in [0.25, 0.3) is 0 Å². The Bertz CT molecular complexity index is 791. The number of hydrogen-bond donors (Lipinski definition) is 1. The number of ether oxygens (including phenoxy) is 1. The van der Waals surface area contributed by atoms with Crippen molar-refractivity contribution in [3.63, 3.8) is 0 Å². The number of hydrogen-bond acceptors (Lipinski definition) is 3. The maximum Gasteiger partial charge on any atom is 0.243 e. The lowest BCUT2D eigenvalue weighted by Gasteiger charge is -2.32. The zero-order valence-electron chi connectivity index (χ0n) is 13.4. The molecule has 0 radical (unpaired) electrons. The van der Waals surface area contributed by atoms with E-state index in [9.17, 15) is 17.2 Å². The van der Waals surface area contributed by atoms with E-state index in [1.54, 1.807) is 0 Å². The van der Waals surface area contributed by atoms with Crippen LogP contribution in [0.1, 0.15) is 18.9 Å². The minimum absolute atomic E-state index is 0.0802. The van der Waals surface area contributed by atoms with Gasteiger partial charge >= 0.3 is 0 Å². The quantitative estimate of drug-likeness (QED) is 0.830. The predicted molar refractivity (Wildman–Crippen MR) is 87.0 cm³/mol. The number of nitrogens with one attached hydrogen (secondary N) is 1. The van der Waals surface area contributed by atoms with Gasteiger partial charge in [0.05, 0.1) is 0 Å². The zero-order chi connectivity index (χ0) is 17.8. The molecule has 130 valence electrons. The Morgan fingerprint density at radius 1 is 1.12 bits per heavy atom. The van der Waals surface area contributed by atoms with E-state index in [2.05, 4.69) is 4.72 Å². The molecule has 0 saturated carbocycles. The molecule has 2 aromatic carbocycles. The molecule has 0 aliphatic carbocycles. The third kappa shape index (κ3) is 3.80. The summed E-state index contributed by atoms with van der Waals surface area (Å²) in [6.45, 7) is 1.78. The second-order valence-electron chi connectivity index (χ2n) is 5.32. The Labute approximate surface area is 140 Å². The molecule has 0 fully saturated rings. The first kappa shape index (κ1) is 18.5. The van der Waals surface area contributed by atoms with Crippen LogP contribution in [0.25, 0.3) is 0 Å². The van der Waals surface area contributed by atoms with Crippen LogP contribution in [-0.4, -0.2) is 22.1 Å². The van der Waals surface area contributed by atoms with Gasteiger partial charge in [-0.2, -0.15) is 0 Å². The van der Waals surface area contributed by atoms with Crippen LogP contribution in [0.2, 0.25) is 0 Å². The zero-order valence-corrected chi connectivity index (χ0v) is 14.2. The molecule has 2 rings (SSSR count). The normalized spacial score (nSPS) is 14.3. The molecule has 0 heterocycles. The molecule has 0 spiro atoms. The van der Waals surface area contributed by atoms with E-state index in [0.717, 1.165) is 17.7 Å². The van der Waals surface area contributed by atoms with Crippen LogP contribution >= 0.6 is 0 Å². The highest BCUT2D eigenvalue weighted by Crippen LogP contribution is 2.28. The Morgan fingerprint density at radius 3 is 2.33 bits per heavy atom. The SMILES string of the molecule is CCC(CNS(=O)(=O)c1ccc(F)cc1F)(OC)c1ccccc1. The molecular weight excluding hydrogens is 336 g/mol. The monoisotopic (exact) mass is 355 g/mol. The van der Waals surface area contributed by atoms with Crippen molar-refractivity contribution in [3.8, 4) is 0 Å². The van der Waals surface area contributed by atoms with E-state index in [-0.39, 0.29) is 6.54 Å². The third-order valence-corrected chi connectivity index (χ3v) is 5.43. The van der Waals surface area contributed by atoms with Crippen LogP contribution in [-0.2, 0) is 20.4 Å². The van der Waals surface area contributed by atoms with Gasteiger partial charge in [-0.3, -0.25) is 0 Å². The van der Waals surface area contributed by atoms with Gasteiger partial charge in [0, 0.05) is 19.7 Å². The highest BCUT2D eigenvalue weighted by molar-refractivity contribution is 7.89. The van der Waals surface area contributed by atoms with Crippen molar-refractivity contribution in [2.75, 3.05) is 13.7 Å². The predicted octanol–water partition coefficient (Wildman–Crippen LogP) is 3.20. The Kier molecular flexibility index (Phi) is 5.69. The number of halogens is 2. The summed E-state index contributed by atoms with van der Waals surface area (Å²) in [6, 6.07) is 11.5. The number of benzene rings is 2. The molecule has 2 aromatic rings. The van der Waals surface area contributed by atoms with Crippen LogP contribution in [0.5, 0.6) is 0 Å². The standard InChI is InChI=1S/C17H19F2NO3S/c1-3-17(23-2,13-7-5-4-6-8-13)12-20-24(21,22)16-10-9-14(18)11-15(16)19/h4-11,20H,3,12H2,1-2H3. The van der Waals surface area contributed by atoms with E-state index in [4.69, 9.17) is 4.74 Å². The maximum atomic E-state index is 13.8. The van der Waals surface area contributed by atoms with Crippen LogP contribution in [0.15, 0.2) is 53.4 Å². The molecular formula is C17H19F2NO3S. The maximum absolute atomic E-state index is 13.8. The third-order valence-electron chi connectivity index (χ3n) is 3.99. The van der Waals surface area contributed by atoms with Gasteiger partial charge in [0.1, 0.15) is 22.1 Å². The van der Waals surface area contributed by atoms with Crippen molar-refractivity contribution < 1.29 is 21.9 Å². The van der Waals surface area contributed by atoms with Crippen molar-refractivity contribution in [2.45, 2.75) is 23.8 Å². The average Bonchev–Trinajstić information content (AvgIpc) is 2.57. The summed E-state index contributed by atoms with van der Waals surface area (Å²) in [6.07, 6.45) is 0.502. The number of rotatable bonds is 7. The molecule has 0 saturated heterocycles. The van der Waals surface area contributed by atoms with Crippen molar-refractivity contribution in [1.29, 1.82) is 0 Å². The summed E-state index contributed by atoms with van der Waals surface area (Å²) in [7, 11) is -2.65. The molecule has 0 amide bonds. The summed E-state index contributed by atoms with van der Waals surface area (Å²) < 4.78 is 59.4. The molecule has 0 aromatic heterocycles. The summed E-state index contributed by atoms with van der Waals surface area (Å²) in [5.41, 5.74) is -0.0811. The first-order valence-electron chi connectivity index (χ1n) is 7.40. The van der Waals surface area contributed by atoms with Crippen molar-refractivity contribution in [2.24, 2.45) is 0 Å². The molecule has 1 unspecified atom stereocenters. The van der Waals surface area contributed by atoms with Gasteiger partial charge in [-0.1, -0.05) is 37.3 Å². The first-order valence-corrected chi connectivity index (χ1v) is 8.88. The van der Waals surface area contributed by atoms with Gasteiger partial charge < -0.3 is 4.74 Å². The topological polar surface area (TPSA) is 55.4 Å². The summed E-state index contributed by atoms with van der Waals surface area (Å²) in [5, 5.41) is 0.